The Morgan fingerprint density at radius 1 is 1.03 bits per heavy atom. The molecular weight excluding hydrogens is 494 g/mol. The Morgan fingerprint density at radius 2 is 1.81 bits per heavy atom. The molecule has 37 heavy (non-hydrogen) atoms. The van der Waals surface area contributed by atoms with Crippen molar-refractivity contribution >= 4 is 34.2 Å². The van der Waals surface area contributed by atoms with Gasteiger partial charge in [0, 0.05) is 10.7 Å². The molecule has 7 nitrogen and oxygen atoms in total. The molecule has 3 aromatic carbocycles. The number of halogens is 1. The minimum absolute atomic E-state index is 0.00958. The van der Waals surface area contributed by atoms with Crippen molar-refractivity contribution in [3.8, 4) is 17.2 Å². The fourth-order valence-electron chi connectivity index (χ4n) is 4.52. The molecule has 1 atom stereocenters. The van der Waals surface area contributed by atoms with Crippen molar-refractivity contribution in [2.45, 2.75) is 13.0 Å². The van der Waals surface area contributed by atoms with Crippen molar-refractivity contribution in [1.82, 2.24) is 0 Å². The minimum atomic E-state index is -0.776. The number of carbonyl (C=O) groups is 1. The van der Waals surface area contributed by atoms with Crippen LogP contribution in [0.4, 0.5) is 5.69 Å². The average molecular weight is 518 g/mol. The monoisotopic (exact) mass is 517 g/mol. The first-order valence-corrected chi connectivity index (χ1v) is 12.1. The Balaban J connectivity index is 1.72. The second-order valence-electron chi connectivity index (χ2n) is 8.33. The normalized spacial score (nSPS) is 14.5. The first-order chi connectivity index (χ1) is 18.0. The van der Waals surface area contributed by atoms with Gasteiger partial charge in [0.05, 0.1) is 30.7 Å². The zero-order valence-electron chi connectivity index (χ0n) is 20.3. The number of ether oxygens (including phenoxy) is 3. The number of hydrogen-bond acceptors (Lipinski definition) is 6. The van der Waals surface area contributed by atoms with Gasteiger partial charge in [-0.25, -0.2) is 0 Å². The molecule has 0 saturated heterocycles. The van der Waals surface area contributed by atoms with Crippen molar-refractivity contribution in [1.29, 1.82) is 0 Å². The molecule has 8 heteroatoms. The van der Waals surface area contributed by atoms with Crippen molar-refractivity contribution in [3.63, 3.8) is 0 Å². The molecule has 1 aliphatic rings. The molecular formula is C29H24ClNO6. The van der Waals surface area contributed by atoms with Crippen molar-refractivity contribution in [2.24, 2.45) is 0 Å². The largest absolute Gasteiger partial charge is 0.494 e. The Hall–Kier alpha value is -4.23. The third-order valence-corrected chi connectivity index (χ3v) is 6.35. The first-order valence-electron chi connectivity index (χ1n) is 11.7. The van der Waals surface area contributed by atoms with E-state index in [1.54, 1.807) is 71.6 Å². The molecule has 0 aliphatic carbocycles. The number of carbonyl (C=O) groups excluding carboxylic acids is 1. The lowest BCUT2D eigenvalue weighted by Gasteiger charge is -2.26. The number of methoxy groups -OCH3 is 1. The van der Waals surface area contributed by atoms with E-state index < -0.39 is 11.9 Å². The van der Waals surface area contributed by atoms with Gasteiger partial charge < -0.3 is 18.6 Å². The van der Waals surface area contributed by atoms with Gasteiger partial charge in [0.2, 0.25) is 5.76 Å². The highest BCUT2D eigenvalue weighted by molar-refractivity contribution is 6.31. The predicted molar refractivity (Wildman–Crippen MR) is 142 cm³/mol. The zero-order chi connectivity index (χ0) is 26.1. The van der Waals surface area contributed by atoms with Crippen LogP contribution in [0.5, 0.6) is 17.2 Å². The molecule has 2 heterocycles. The quantitative estimate of drug-likeness (QED) is 0.260. The third-order valence-electron chi connectivity index (χ3n) is 6.12. The van der Waals surface area contributed by atoms with Crippen LogP contribution in [0.2, 0.25) is 5.02 Å². The van der Waals surface area contributed by atoms with E-state index in [0.717, 1.165) is 0 Å². The topological polar surface area (TPSA) is 78.2 Å². The van der Waals surface area contributed by atoms with E-state index in [1.165, 1.54) is 7.11 Å². The summed E-state index contributed by atoms with van der Waals surface area (Å²) in [6.45, 7) is 6.39. The highest BCUT2D eigenvalue weighted by Crippen LogP contribution is 2.43. The molecule has 0 bridgehead atoms. The van der Waals surface area contributed by atoms with Crippen LogP contribution >= 0.6 is 11.6 Å². The summed E-state index contributed by atoms with van der Waals surface area (Å²) in [6, 6.07) is 16.4. The molecule has 0 fully saturated rings. The summed E-state index contributed by atoms with van der Waals surface area (Å²) in [7, 11) is 1.53. The van der Waals surface area contributed by atoms with Gasteiger partial charge in [-0.05, 0) is 67.1 Å². The molecule has 1 amide bonds. The summed E-state index contributed by atoms with van der Waals surface area (Å²) in [5.74, 6) is 1.21. The van der Waals surface area contributed by atoms with Gasteiger partial charge in [-0.2, -0.15) is 0 Å². The van der Waals surface area contributed by atoms with Crippen molar-refractivity contribution in [3.05, 3.63) is 105 Å². The molecule has 1 aromatic heterocycles. The maximum absolute atomic E-state index is 13.8. The lowest BCUT2D eigenvalue weighted by Crippen LogP contribution is -2.29. The molecule has 0 saturated carbocycles. The zero-order valence-corrected chi connectivity index (χ0v) is 21.1. The van der Waals surface area contributed by atoms with E-state index in [9.17, 15) is 9.59 Å². The summed E-state index contributed by atoms with van der Waals surface area (Å²) in [6.07, 6.45) is 1.63. The van der Waals surface area contributed by atoms with E-state index in [-0.39, 0.29) is 16.8 Å². The van der Waals surface area contributed by atoms with E-state index >= 15 is 0 Å². The van der Waals surface area contributed by atoms with Crippen LogP contribution < -0.4 is 24.5 Å². The van der Waals surface area contributed by atoms with Gasteiger partial charge in [0.15, 0.2) is 16.9 Å². The molecule has 0 radical (unpaired) electrons. The maximum Gasteiger partial charge on any atom is 0.295 e. The Morgan fingerprint density at radius 3 is 2.51 bits per heavy atom. The highest BCUT2D eigenvalue weighted by Gasteiger charge is 2.44. The fraction of sp³-hybridized carbons (Fsp3) is 0.172. The second kappa shape index (κ2) is 10.0. The average Bonchev–Trinajstić information content (AvgIpc) is 3.20. The Bertz CT molecular complexity index is 1560. The molecule has 4 aromatic rings. The molecule has 188 valence electrons. The lowest BCUT2D eigenvalue weighted by molar-refractivity contribution is 0.0971. The van der Waals surface area contributed by atoms with Crippen LogP contribution in [0.15, 0.2) is 82.5 Å². The number of benzene rings is 3. The van der Waals surface area contributed by atoms with Gasteiger partial charge in [0.1, 0.15) is 17.9 Å². The van der Waals surface area contributed by atoms with Crippen LogP contribution in [0.25, 0.3) is 11.0 Å². The van der Waals surface area contributed by atoms with Crippen molar-refractivity contribution in [2.75, 3.05) is 25.2 Å². The van der Waals surface area contributed by atoms with Gasteiger partial charge in [-0.3, -0.25) is 14.5 Å². The Kier molecular flexibility index (Phi) is 6.63. The van der Waals surface area contributed by atoms with Gasteiger partial charge in [-0.1, -0.05) is 30.3 Å². The molecule has 0 spiro atoms. The summed E-state index contributed by atoms with van der Waals surface area (Å²) < 4.78 is 22.8. The minimum Gasteiger partial charge on any atom is -0.494 e. The van der Waals surface area contributed by atoms with E-state index in [4.69, 9.17) is 30.2 Å². The van der Waals surface area contributed by atoms with Gasteiger partial charge >= 0.3 is 0 Å². The van der Waals surface area contributed by atoms with E-state index in [0.29, 0.717) is 57.7 Å². The number of anilines is 1. The number of hydrogen-bond donors (Lipinski definition) is 0. The first kappa shape index (κ1) is 24.5. The highest BCUT2D eigenvalue weighted by atomic mass is 35.5. The number of amides is 1. The molecule has 0 N–H and O–H groups in total. The van der Waals surface area contributed by atoms with Gasteiger partial charge in [0.25, 0.3) is 5.91 Å². The smallest absolute Gasteiger partial charge is 0.295 e. The van der Waals surface area contributed by atoms with Crippen LogP contribution in [-0.4, -0.2) is 26.2 Å². The predicted octanol–water partition coefficient (Wildman–Crippen LogP) is 6.17. The number of nitrogens with zero attached hydrogens (tertiary/aromatic N) is 1. The molecule has 1 aliphatic heterocycles. The van der Waals surface area contributed by atoms with Crippen LogP contribution in [0, 0.1) is 0 Å². The van der Waals surface area contributed by atoms with E-state index in [1.807, 2.05) is 6.92 Å². The number of fused-ring (bicyclic) bond motifs is 2. The van der Waals surface area contributed by atoms with Crippen LogP contribution in [0.1, 0.15) is 34.6 Å². The summed E-state index contributed by atoms with van der Waals surface area (Å²) in [5, 5.41) is 0.699. The second-order valence-corrected chi connectivity index (χ2v) is 8.77. The summed E-state index contributed by atoms with van der Waals surface area (Å²) in [5.41, 5.74) is 1.43. The van der Waals surface area contributed by atoms with Crippen LogP contribution in [-0.2, 0) is 0 Å². The van der Waals surface area contributed by atoms with Gasteiger partial charge in [-0.15, -0.1) is 0 Å². The standard InChI is InChI=1S/C29H24ClNO6/c1-4-14-36-23-12-6-17(15-24(23)34-3)26-25-27(32)21-16-18(30)7-13-22(21)37-28(25)29(33)31(26)19-8-10-20(11-9-19)35-5-2/h4,6-13,15-16,26H,1,5,14H2,2-3H3. The van der Waals surface area contributed by atoms with Crippen molar-refractivity contribution < 1.29 is 23.4 Å². The van der Waals surface area contributed by atoms with E-state index in [2.05, 4.69) is 6.58 Å². The summed E-state index contributed by atoms with van der Waals surface area (Å²) in [4.78, 5) is 29.1. The Labute approximate surface area is 218 Å². The fourth-order valence-corrected chi connectivity index (χ4v) is 4.69. The molecule has 5 rings (SSSR count). The lowest BCUT2D eigenvalue weighted by atomic mass is 9.97. The molecule has 1 unspecified atom stereocenters. The third kappa shape index (κ3) is 4.32. The summed E-state index contributed by atoms with van der Waals surface area (Å²) >= 11 is 6.18. The maximum atomic E-state index is 13.8. The number of rotatable bonds is 8. The SMILES string of the molecule is C=CCOc1ccc(C2c3c(oc4ccc(Cl)cc4c3=O)C(=O)N2c2ccc(OCC)cc2)cc1OC. The van der Waals surface area contributed by atoms with Crippen LogP contribution in [0.3, 0.4) is 0 Å².